The molecule has 4 heterocycles. The van der Waals surface area contributed by atoms with Crippen molar-refractivity contribution < 1.29 is 4.79 Å². The Morgan fingerprint density at radius 1 is 1.35 bits per heavy atom. The number of fused-ring (bicyclic) bond motifs is 3. The molecule has 3 aliphatic heterocycles. The van der Waals surface area contributed by atoms with E-state index in [9.17, 15) is 4.79 Å². The molecule has 0 saturated carbocycles. The van der Waals surface area contributed by atoms with Crippen molar-refractivity contribution in [3.05, 3.63) is 17.8 Å². The topological polar surface area (TPSA) is 70.2 Å². The standard InChI is InChI=1S/C14H21N5O/c1-2-15-13-4-3-11(17-18-13)14(20)16-12-9-19-7-5-10(12)6-8-19/h3-4,10,12H,2,5-9H2,1H3,(H,15,18)(H,16,20). The lowest BCUT2D eigenvalue weighted by atomic mass is 9.84. The summed E-state index contributed by atoms with van der Waals surface area (Å²) in [4.78, 5) is 14.6. The molecule has 4 rings (SSSR count). The van der Waals surface area contributed by atoms with Gasteiger partial charge in [-0.3, -0.25) is 4.79 Å². The number of aromatic nitrogens is 2. The number of rotatable bonds is 4. The van der Waals surface area contributed by atoms with E-state index < -0.39 is 0 Å². The van der Waals surface area contributed by atoms with Gasteiger partial charge in [-0.2, -0.15) is 0 Å². The third-order valence-electron chi connectivity index (χ3n) is 4.23. The Bertz CT molecular complexity index is 467. The van der Waals surface area contributed by atoms with E-state index in [4.69, 9.17) is 0 Å². The van der Waals surface area contributed by atoms with Crippen LogP contribution in [0.2, 0.25) is 0 Å². The third kappa shape index (κ3) is 2.75. The van der Waals surface area contributed by atoms with Crippen molar-refractivity contribution in [3.63, 3.8) is 0 Å². The Morgan fingerprint density at radius 2 is 2.15 bits per heavy atom. The molecule has 1 aromatic heterocycles. The number of amides is 1. The lowest BCUT2D eigenvalue weighted by Crippen LogP contribution is -2.57. The maximum atomic E-state index is 12.2. The summed E-state index contributed by atoms with van der Waals surface area (Å²) < 4.78 is 0. The molecule has 1 amide bonds. The predicted molar refractivity (Wildman–Crippen MR) is 76.6 cm³/mol. The van der Waals surface area contributed by atoms with Gasteiger partial charge in [-0.05, 0) is 50.9 Å². The normalized spacial score (nSPS) is 28.1. The second kappa shape index (κ2) is 5.75. The van der Waals surface area contributed by atoms with Gasteiger partial charge >= 0.3 is 0 Å². The highest BCUT2D eigenvalue weighted by Crippen LogP contribution is 2.27. The van der Waals surface area contributed by atoms with E-state index in [0.717, 1.165) is 13.1 Å². The first-order chi connectivity index (χ1) is 9.76. The summed E-state index contributed by atoms with van der Waals surface area (Å²) in [5.74, 6) is 1.21. The van der Waals surface area contributed by atoms with Crippen LogP contribution in [0, 0.1) is 5.92 Å². The van der Waals surface area contributed by atoms with Crippen molar-refractivity contribution in [1.29, 1.82) is 0 Å². The van der Waals surface area contributed by atoms with Gasteiger partial charge in [-0.1, -0.05) is 0 Å². The van der Waals surface area contributed by atoms with Gasteiger partial charge in [0.2, 0.25) is 0 Å². The molecular weight excluding hydrogens is 254 g/mol. The van der Waals surface area contributed by atoms with Crippen molar-refractivity contribution in [2.45, 2.75) is 25.8 Å². The number of nitrogens with zero attached hydrogens (tertiary/aromatic N) is 3. The van der Waals surface area contributed by atoms with E-state index in [1.54, 1.807) is 12.1 Å². The fourth-order valence-electron chi connectivity index (χ4n) is 3.10. The monoisotopic (exact) mass is 275 g/mol. The van der Waals surface area contributed by atoms with Crippen molar-refractivity contribution in [1.82, 2.24) is 20.4 Å². The molecule has 3 fully saturated rings. The van der Waals surface area contributed by atoms with Crippen LogP contribution < -0.4 is 10.6 Å². The first-order valence-electron chi connectivity index (χ1n) is 7.37. The van der Waals surface area contributed by atoms with Crippen molar-refractivity contribution in [3.8, 4) is 0 Å². The fourth-order valence-corrected chi connectivity index (χ4v) is 3.10. The zero-order chi connectivity index (χ0) is 13.9. The number of nitrogens with one attached hydrogen (secondary N) is 2. The summed E-state index contributed by atoms with van der Waals surface area (Å²) >= 11 is 0. The smallest absolute Gasteiger partial charge is 0.272 e. The summed E-state index contributed by atoms with van der Waals surface area (Å²) in [7, 11) is 0. The Kier molecular flexibility index (Phi) is 3.82. The fraction of sp³-hybridized carbons (Fsp3) is 0.643. The average Bonchev–Trinajstić information content (AvgIpc) is 2.49. The van der Waals surface area contributed by atoms with E-state index in [1.807, 2.05) is 6.92 Å². The maximum absolute atomic E-state index is 12.2. The van der Waals surface area contributed by atoms with E-state index in [0.29, 0.717) is 17.4 Å². The summed E-state index contributed by atoms with van der Waals surface area (Å²) in [5.41, 5.74) is 0.392. The highest BCUT2D eigenvalue weighted by Gasteiger charge is 2.35. The van der Waals surface area contributed by atoms with Crippen LogP contribution >= 0.6 is 0 Å². The largest absolute Gasteiger partial charge is 0.369 e. The van der Waals surface area contributed by atoms with Gasteiger partial charge in [0.1, 0.15) is 5.82 Å². The summed E-state index contributed by atoms with van der Waals surface area (Å²) in [6.07, 6.45) is 2.38. The number of carbonyl (C=O) groups is 1. The molecule has 1 atom stereocenters. The number of hydrogen-bond donors (Lipinski definition) is 2. The minimum Gasteiger partial charge on any atom is -0.369 e. The van der Waals surface area contributed by atoms with Crippen molar-refractivity contribution >= 4 is 11.7 Å². The quantitative estimate of drug-likeness (QED) is 0.848. The minimum atomic E-state index is -0.112. The van der Waals surface area contributed by atoms with Gasteiger partial charge in [0.25, 0.3) is 5.91 Å². The maximum Gasteiger partial charge on any atom is 0.272 e. The number of carbonyl (C=O) groups excluding carboxylic acids is 1. The van der Waals surface area contributed by atoms with Crippen LogP contribution in [0.3, 0.4) is 0 Å². The van der Waals surface area contributed by atoms with Crippen LogP contribution in [0.5, 0.6) is 0 Å². The van der Waals surface area contributed by atoms with E-state index >= 15 is 0 Å². The molecule has 3 aliphatic rings. The summed E-state index contributed by atoms with van der Waals surface area (Å²) in [5, 5.41) is 14.2. The lowest BCUT2D eigenvalue weighted by Gasteiger charge is -2.44. The number of hydrogen-bond acceptors (Lipinski definition) is 5. The molecule has 0 spiro atoms. The van der Waals surface area contributed by atoms with Gasteiger partial charge in [-0.15, -0.1) is 10.2 Å². The Morgan fingerprint density at radius 3 is 2.70 bits per heavy atom. The molecule has 6 heteroatoms. The molecule has 0 aromatic carbocycles. The first-order valence-corrected chi connectivity index (χ1v) is 7.37. The second-order valence-corrected chi connectivity index (χ2v) is 5.55. The molecule has 0 radical (unpaired) electrons. The predicted octanol–water partition coefficient (Wildman–Crippen LogP) is 0.732. The molecule has 3 saturated heterocycles. The van der Waals surface area contributed by atoms with Gasteiger partial charge in [0.05, 0.1) is 0 Å². The Labute approximate surface area is 118 Å². The van der Waals surface area contributed by atoms with Gasteiger partial charge < -0.3 is 15.5 Å². The van der Waals surface area contributed by atoms with Crippen molar-refractivity contribution in [2.75, 3.05) is 31.5 Å². The Hall–Kier alpha value is -1.69. The van der Waals surface area contributed by atoms with Gasteiger partial charge in [0.15, 0.2) is 5.69 Å². The molecule has 1 aromatic rings. The second-order valence-electron chi connectivity index (χ2n) is 5.55. The number of piperidine rings is 3. The van der Waals surface area contributed by atoms with Crippen LogP contribution in [0.1, 0.15) is 30.3 Å². The van der Waals surface area contributed by atoms with Crippen LogP contribution in [-0.4, -0.2) is 53.2 Å². The molecule has 0 aliphatic carbocycles. The molecule has 108 valence electrons. The van der Waals surface area contributed by atoms with E-state index in [-0.39, 0.29) is 11.9 Å². The van der Waals surface area contributed by atoms with Crippen molar-refractivity contribution in [2.24, 2.45) is 5.92 Å². The molecule has 2 N–H and O–H groups in total. The zero-order valence-corrected chi connectivity index (χ0v) is 11.8. The van der Waals surface area contributed by atoms with E-state index in [1.165, 1.54) is 25.9 Å². The summed E-state index contributed by atoms with van der Waals surface area (Å²) in [6, 6.07) is 3.78. The van der Waals surface area contributed by atoms with E-state index in [2.05, 4.69) is 25.7 Å². The van der Waals surface area contributed by atoms with Crippen LogP contribution in [0.15, 0.2) is 12.1 Å². The zero-order valence-electron chi connectivity index (χ0n) is 11.8. The highest BCUT2D eigenvalue weighted by molar-refractivity contribution is 5.92. The molecule has 6 nitrogen and oxygen atoms in total. The van der Waals surface area contributed by atoms with Gasteiger partial charge in [-0.25, -0.2) is 0 Å². The SMILES string of the molecule is CCNc1ccc(C(=O)NC2CN3CCC2CC3)nn1. The summed E-state index contributed by atoms with van der Waals surface area (Å²) in [6.45, 7) is 6.11. The average molecular weight is 275 g/mol. The third-order valence-corrected chi connectivity index (χ3v) is 4.23. The van der Waals surface area contributed by atoms with Crippen LogP contribution in [0.4, 0.5) is 5.82 Å². The van der Waals surface area contributed by atoms with Crippen LogP contribution in [0.25, 0.3) is 0 Å². The number of anilines is 1. The molecule has 1 unspecified atom stereocenters. The first kappa shape index (κ1) is 13.3. The minimum absolute atomic E-state index is 0.112. The molecular formula is C14H21N5O. The molecule has 20 heavy (non-hydrogen) atoms. The highest BCUT2D eigenvalue weighted by atomic mass is 16.2. The molecule has 2 bridgehead atoms. The Balaban J connectivity index is 1.61. The van der Waals surface area contributed by atoms with Gasteiger partial charge in [0, 0.05) is 19.1 Å². The lowest BCUT2D eigenvalue weighted by molar-refractivity contribution is 0.0617. The van der Waals surface area contributed by atoms with Crippen LogP contribution in [-0.2, 0) is 0 Å².